The van der Waals surface area contributed by atoms with E-state index in [0.29, 0.717) is 31.1 Å². The molecular formula is C26H28N2O6. The maximum atomic E-state index is 13.4. The number of fused-ring (bicyclic) bond motifs is 1. The number of amides is 1. The van der Waals surface area contributed by atoms with Crippen LogP contribution in [0.25, 0.3) is 16.7 Å². The second kappa shape index (κ2) is 9.61. The first-order chi connectivity index (χ1) is 16.4. The summed E-state index contributed by atoms with van der Waals surface area (Å²) in [7, 11) is 6.44. The maximum absolute atomic E-state index is 13.4. The van der Waals surface area contributed by atoms with E-state index in [1.807, 2.05) is 42.1 Å². The van der Waals surface area contributed by atoms with Gasteiger partial charge in [-0.25, -0.2) is 0 Å². The molecule has 0 spiro atoms. The first-order valence-corrected chi connectivity index (χ1v) is 11.0. The van der Waals surface area contributed by atoms with Gasteiger partial charge in [0.2, 0.25) is 0 Å². The zero-order valence-electron chi connectivity index (χ0n) is 19.7. The van der Waals surface area contributed by atoms with Crippen molar-refractivity contribution in [2.24, 2.45) is 7.05 Å². The second-order valence-electron chi connectivity index (χ2n) is 8.09. The number of hydrogen-bond acceptors (Lipinski definition) is 6. The Morgan fingerprint density at radius 2 is 1.68 bits per heavy atom. The van der Waals surface area contributed by atoms with Crippen LogP contribution in [0, 0.1) is 0 Å². The minimum atomic E-state index is -0.780. The summed E-state index contributed by atoms with van der Waals surface area (Å²) in [5.74, 6) is -1.08. The third-order valence-electron chi connectivity index (χ3n) is 6.17. The van der Waals surface area contributed by atoms with Gasteiger partial charge in [0.15, 0.2) is 0 Å². The van der Waals surface area contributed by atoms with E-state index in [-0.39, 0.29) is 16.9 Å². The van der Waals surface area contributed by atoms with Gasteiger partial charge in [0.05, 0.1) is 25.8 Å². The van der Waals surface area contributed by atoms with Crippen molar-refractivity contribution in [3.63, 3.8) is 0 Å². The van der Waals surface area contributed by atoms with Crippen molar-refractivity contribution < 1.29 is 28.9 Å². The van der Waals surface area contributed by atoms with Gasteiger partial charge in [-0.1, -0.05) is 24.3 Å². The number of rotatable bonds is 8. The maximum Gasteiger partial charge on any atom is 0.295 e. The quantitative estimate of drug-likeness (QED) is 0.237. The highest BCUT2D eigenvalue weighted by molar-refractivity contribution is 6.46. The van der Waals surface area contributed by atoms with Crippen molar-refractivity contribution in [2.45, 2.75) is 12.5 Å². The average molecular weight is 465 g/mol. The summed E-state index contributed by atoms with van der Waals surface area (Å²) in [6, 6.07) is 12.0. The number of benzene rings is 2. The zero-order chi connectivity index (χ0) is 24.4. The first kappa shape index (κ1) is 23.4. The first-order valence-electron chi connectivity index (χ1n) is 11.0. The van der Waals surface area contributed by atoms with Gasteiger partial charge < -0.3 is 28.8 Å². The topological polar surface area (TPSA) is 90.2 Å². The lowest BCUT2D eigenvalue weighted by Gasteiger charge is -2.25. The Bertz CT molecular complexity index is 1250. The fourth-order valence-corrected chi connectivity index (χ4v) is 4.62. The lowest BCUT2D eigenvalue weighted by atomic mass is 9.94. The summed E-state index contributed by atoms with van der Waals surface area (Å²) < 4.78 is 18.0. The van der Waals surface area contributed by atoms with Gasteiger partial charge in [0, 0.05) is 50.0 Å². The smallest absolute Gasteiger partial charge is 0.295 e. The van der Waals surface area contributed by atoms with Gasteiger partial charge in [-0.05, 0) is 24.6 Å². The minimum absolute atomic E-state index is 0.00145. The number of hydrogen-bond donors (Lipinski definition) is 1. The largest absolute Gasteiger partial charge is 0.506 e. The number of carbonyl (C=O) groups excluding carboxylic acids is 2. The molecule has 1 fully saturated rings. The number of aromatic nitrogens is 1. The highest BCUT2D eigenvalue weighted by Gasteiger charge is 2.47. The molecule has 2 heterocycles. The van der Waals surface area contributed by atoms with Gasteiger partial charge in [-0.3, -0.25) is 9.59 Å². The Kier molecular flexibility index (Phi) is 6.61. The van der Waals surface area contributed by atoms with Crippen molar-refractivity contribution in [3.05, 3.63) is 65.4 Å². The molecule has 4 rings (SSSR count). The molecule has 178 valence electrons. The zero-order valence-corrected chi connectivity index (χ0v) is 19.7. The highest BCUT2D eigenvalue weighted by atomic mass is 16.5. The van der Waals surface area contributed by atoms with E-state index in [1.54, 1.807) is 25.3 Å². The van der Waals surface area contributed by atoms with Crippen LogP contribution in [-0.2, 0) is 21.4 Å². The molecule has 0 radical (unpaired) electrons. The van der Waals surface area contributed by atoms with Crippen molar-refractivity contribution in [1.82, 2.24) is 9.47 Å². The van der Waals surface area contributed by atoms with E-state index in [4.69, 9.17) is 14.2 Å². The van der Waals surface area contributed by atoms with Crippen molar-refractivity contribution >= 4 is 28.4 Å². The van der Waals surface area contributed by atoms with Crippen LogP contribution in [-0.4, -0.2) is 60.7 Å². The number of aliphatic hydroxyl groups excluding tert-OH is 1. The molecule has 8 nitrogen and oxygen atoms in total. The molecular weight excluding hydrogens is 436 g/mol. The van der Waals surface area contributed by atoms with Crippen LogP contribution in [0.4, 0.5) is 0 Å². The molecule has 1 saturated heterocycles. The molecule has 0 saturated carbocycles. The standard InChI is InChI=1S/C26H28N2O6/c1-27-15-17(16-9-5-6-10-18(16)27)23-22(25(30)26(31)28(23)13-8-14-32-2)24(29)21-19(33-3)11-7-12-20(21)34-4/h5-7,9-12,15,23,29H,8,13-14H2,1-4H3/b24-22+. The van der Waals surface area contributed by atoms with Crippen LogP contribution in [0.5, 0.6) is 11.5 Å². The fraction of sp³-hybridized carbons (Fsp3) is 0.308. The van der Waals surface area contributed by atoms with Crippen LogP contribution >= 0.6 is 0 Å². The number of methoxy groups -OCH3 is 3. The van der Waals surface area contributed by atoms with Crippen LogP contribution < -0.4 is 9.47 Å². The number of aliphatic hydroxyl groups is 1. The number of ether oxygens (including phenoxy) is 3. The van der Waals surface area contributed by atoms with Crippen LogP contribution in [0.15, 0.2) is 54.2 Å². The summed E-state index contributed by atoms with van der Waals surface area (Å²) in [5.41, 5.74) is 1.94. The highest BCUT2D eigenvalue weighted by Crippen LogP contribution is 2.45. The van der Waals surface area contributed by atoms with Crippen molar-refractivity contribution in [3.8, 4) is 11.5 Å². The Labute approximate surface area is 197 Å². The van der Waals surface area contributed by atoms with Gasteiger partial charge >= 0.3 is 0 Å². The monoisotopic (exact) mass is 464 g/mol. The third-order valence-corrected chi connectivity index (χ3v) is 6.17. The number of para-hydroxylation sites is 1. The van der Waals surface area contributed by atoms with E-state index >= 15 is 0 Å². The summed E-state index contributed by atoms with van der Waals surface area (Å²) >= 11 is 0. The average Bonchev–Trinajstić information content (AvgIpc) is 3.32. The number of likely N-dealkylation sites (tertiary alicyclic amines) is 1. The van der Waals surface area contributed by atoms with E-state index < -0.39 is 17.7 Å². The van der Waals surface area contributed by atoms with Crippen molar-refractivity contribution in [1.29, 1.82) is 0 Å². The second-order valence-corrected chi connectivity index (χ2v) is 8.09. The van der Waals surface area contributed by atoms with E-state index in [2.05, 4.69) is 0 Å². The third kappa shape index (κ3) is 3.80. The van der Waals surface area contributed by atoms with Gasteiger partial charge in [0.1, 0.15) is 22.8 Å². The fourth-order valence-electron chi connectivity index (χ4n) is 4.62. The number of carbonyl (C=O) groups is 2. The van der Waals surface area contributed by atoms with E-state index in [9.17, 15) is 14.7 Å². The molecule has 1 aliphatic rings. The number of nitrogens with zero attached hydrogens (tertiary/aromatic N) is 2. The molecule has 0 aliphatic carbocycles. The Morgan fingerprint density at radius 1 is 1.00 bits per heavy atom. The molecule has 8 heteroatoms. The predicted octanol–water partition coefficient (Wildman–Crippen LogP) is 3.65. The molecule has 1 unspecified atom stereocenters. The van der Waals surface area contributed by atoms with Gasteiger partial charge in [0.25, 0.3) is 11.7 Å². The normalized spacial score (nSPS) is 17.5. The van der Waals surface area contributed by atoms with Gasteiger partial charge in [-0.2, -0.15) is 0 Å². The molecule has 0 bridgehead atoms. The molecule has 2 aromatic carbocycles. The van der Waals surface area contributed by atoms with Gasteiger partial charge in [-0.15, -0.1) is 0 Å². The van der Waals surface area contributed by atoms with Crippen LogP contribution in [0.2, 0.25) is 0 Å². The molecule has 3 aromatic rings. The molecule has 1 amide bonds. The summed E-state index contributed by atoms with van der Waals surface area (Å²) in [4.78, 5) is 28.1. The Morgan fingerprint density at radius 3 is 2.32 bits per heavy atom. The number of aryl methyl sites for hydroxylation is 1. The molecule has 1 aliphatic heterocycles. The summed E-state index contributed by atoms with van der Waals surface area (Å²) in [6.45, 7) is 0.734. The molecule has 1 aromatic heterocycles. The SMILES string of the molecule is COCCCN1C(=O)C(=O)/C(=C(/O)c2c(OC)cccc2OC)C1c1cn(C)c2ccccc12. The van der Waals surface area contributed by atoms with Crippen LogP contribution in [0.1, 0.15) is 23.6 Å². The summed E-state index contributed by atoms with van der Waals surface area (Å²) in [5, 5.41) is 12.4. The Balaban J connectivity index is 1.99. The Hall–Kier alpha value is -3.78. The number of ketones is 1. The minimum Gasteiger partial charge on any atom is -0.506 e. The van der Waals surface area contributed by atoms with Crippen LogP contribution in [0.3, 0.4) is 0 Å². The lowest BCUT2D eigenvalue weighted by Crippen LogP contribution is -2.31. The molecule has 1 atom stereocenters. The van der Waals surface area contributed by atoms with Crippen molar-refractivity contribution in [2.75, 3.05) is 34.5 Å². The summed E-state index contributed by atoms with van der Waals surface area (Å²) in [6.07, 6.45) is 2.44. The lowest BCUT2D eigenvalue weighted by molar-refractivity contribution is -0.140. The van der Waals surface area contributed by atoms with E-state index in [1.165, 1.54) is 19.1 Å². The van der Waals surface area contributed by atoms with E-state index in [0.717, 1.165) is 16.5 Å². The molecule has 34 heavy (non-hydrogen) atoms. The number of Topliss-reactive ketones (excluding diaryl/α,β-unsaturated/α-hetero) is 1. The predicted molar refractivity (Wildman–Crippen MR) is 128 cm³/mol. The molecule has 1 N–H and O–H groups in total.